The summed E-state index contributed by atoms with van der Waals surface area (Å²) in [6, 6.07) is 2.50. The van der Waals surface area contributed by atoms with Crippen molar-refractivity contribution in [3.63, 3.8) is 0 Å². The zero-order valence-corrected chi connectivity index (χ0v) is 12.3. The molecule has 0 bridgehead atoms. The summed E-state index contributed by atoms with van der Waals surface area (Å²) >= 11 is 11.4. The Kier molecular flexibility index (Phi) is 4.22. The van der Waals surface area contributed by atoms with E-state index in [1.165, 1.54) is 6.07 Å². The van der Waals surface area contributed by atoms with Crippen LogP contribution in [0.3, 0.4) is 0 Å². The third kappa shape index (κ3) is 3.17. The minimum Gasteiger partial charge on any atom is -0.276 e. The van der Waals surface area contributed by atoms with Crippen molar-refractivity contribution in [3.05, 3.63) is 26.6 Å². The molecule has 1 rings (SSSR count). The van der Waals surface area contributed by atoms with E-state index in [-0.39, 0.29) is 14.9 Å². The highest BCUT2D eigenvalue weighted by atomic mass is 79.9. The molecule has 0 saturated carbocycles. The molecule has 82 valence electrons. The Hall–Kier alpha value is 0.380. The zero-order valence-electron chi connectivity index (χ0n) is 6.80. The van der Waals surface area contributed by atoms with Gasteiger partial charge in [-0.2, -0.15) is 0 Å². The molecule has 0 fully saturated rings. The number of carbonyl (C=O) groups excluding carboxylic acids is 1. The summed E-state index contributed by atoms with van der Waals surface area (Å²) in [5, 5.41) is -0.768. The zero-order chi connectivity index (χ0) is 11.8. The first kappa shape index (κ1) is 13.4. The first-order valence-corrected chi connectivity index (χ1v) is 7.64. The highest BCUT2D eigenvalue weighted by Gasteiger charge is 2.19. The van der Waals surface area contributed by atoms with Gasteiger partial charge in [0.2, 0.25) is 0 Å². The van der Waals surface area contributed by atoms with E-state index in [1.54, 1.807) is 0 Å². The standard InChI is InChI=1S/C7H2Br2Cl2O3S/c8-4-2-5(9)6(15(11,13)14)1-3(4)7(10)12/h1-2H. The van der Waals surface area contributed by atoms with E-state index in [2.05, 4.69) is 31.9 Å². The van der Waals surface area contributed by atoms with Gasteiger partial charge in [0, 0.05) is 25.2 Å². The fourth-order valence-electron chi connectivity index (χ4n) is 0.867. The van der Waals surface area contributed by atoms with Gasteiger partial charge in [0.05, 0.1) is 4.90 Å². The van der Waals surface area contributed by atoms with E-state index >= 15 is 0 Å². The summed E-state index contributed by atoms with van der Waals surface area (Å²) in [5.74, 6) is 0. The highest BCUT2D eigenvalue weighted by Crippen LogP contribution is 2.31. The average Bonchev–Trinajstić information content (AvgIpc) is 2.00. The molecule has 0 amide bonds. The maximum absolute atomic E-state index is 11.1. The Balaban J connectivity index is 3.58. The molecule has 8 heteroatoms. The molecule has 1 aromatic rings. The van der Waals surface area contributed by atoms with Gasteiger partial charge in [0.25, 0.3) is 14.3 Å². The van der Waals surface area contributed by atoms with Crippen LogP contribution in [0, 0.1) is 0 Å². The van der Waals surface area contributed by atoms with Crippen molar-refractivity contribution < 1.29 is 13.2 Å². The highest BCUT2D eigenvalue weighted by molar-refractivity contribution is 9.11. The molecule has 3 nitrogen and oxygen atoms in total. The molecule has 0 atom stereocenters. The molecular formula is C7H2Br2Cl2O3S. The molecule has 0 aliphatic heterocycles. The fraction of sp³-hybridized carbons (Fsp3) is 0. The summed E-state index contributed by atoms with van der Waals surface area (Å²) in [4.78, 5) is 10.7. The molecule has 0 heterocycles. The van der Waals surface area contributed by atoms with Crippen molar-refractivity contribution in [2.45, 2.75) is 4.90 Å². The Morgan fingerprint density at radius 1 is 1.20 bits per heavy atom. The monoisotopic (exact) mass is 394 g/mol. The van der Waals surface area contributed by atoms with Crippen LogP contribution >= 0.6 is 54.1 Å². The topological polar surface area (TPSA) is 51.2 Å². The Morgan fingerprint density at radius 2 is 1.73 bits per heavy atom. The number of benzene rings is 1. The van der Waals surface area contributed by atoms with Crippen LogP contribution in [-0.2, 0) is 9.05 Å². The number of hydrogen-bond donors (Lipinski definition) is 0. The summed E-state index contributed by atoms with van der Waals surface area (Å²) in [5.41, 5.74) is 0.0408. The third-order valence-electron chi connectivity index (χ3n) is 1.50. The van der Waals surface area contributed by atoms with Gasteiger partial charge in [-0.05, 0) is 55.6 Å². The molecule has 0 radical (unpaired) electrons. The van der Waals surface area contributed by atoms with Crippen LogP contribution in [0.25, 0.3) is 0 Å². The van der Waals surface area contributed by atoms with Gasteiger partial charge in [-0.1, -0.05) is 0 Å². The summed E-state index contributed by atoms with van der Waals surface area (Å²) in [6.45, 7) is 0. The van der Waals surface area contributed by atoms with Crippen molar-refractivity contribution in [1.82, 2.24) is 0 Å². The van der Waals surface area contributed by atoms with Crippen LogP contribution in [-0.4, -0.2) is 13.7 Å². The Bertz CT molecular complexity index is 527. The number of hydrogen-bond acceptors (Lipinski definition) is 3. The fourth-order valence-corrected chi connectivity index (χ4v) is 4.16. The van der Waals surface area contributed by atoms with Crippen LogP contribution in [0.5, 0.6) is 0 Å². The molecule has 1 aromatic carbocycles. The van der Waals surface area contributed by atoms with E-state index in [1.807, 2.05) is 0 Å². The first-order valence-electron chi connectivity index (χ1n) is 3.37. The average molecular weight is 397 g/mol. The van der Waals surface area contributed by atoms with Crippen molar-refractivity contribution in [2.75, 3.05) is 0 Å². The smallest absolute Gasteiger partial charge is 0.262 e. The van der Waals surface area contributed by atoms with E-state index in [4.69, 9.17) is 22.3 Å². The van der Waals surface area contributed by atoms with Gasteiger partial charge in [0.1, 0.15) is 0 Å². The maximum atomic E-state index is 11.1. The second kappa shape index (κ2) is 4.71. The molecule has 15 heavy (non-hydrogen) atoms. The Labute approximate surface area is 112 Å². The molecule has 0 aromatic heterocycles. The van der Waals surface area contributed by atoms with Crippen LogP contribution < -0.4 is 0 Å². The van der Waals surface area contributed by atoms with Crippen LogP contribution in [0.1, 0.15) is 10.4 Å². The van der Waals surface area contributed by atoms with E-state index in [0.717, 1.165) is 6.07 Å². The lowest BCUT2D eigenvalue weighted by Crippen LogP contribution is -1.98. The van der Waals surface area contributed by atoms with Gasteiger partial charge in [-0.25, -0.2) is 8.42 Å². The van der Waals surface area contributed by atoms with Gasteiger partial charge in [-0.15, -0.1) is 0 Å². The summed E-state index contributed by atoms with van der Waals surface area (Å²) in [6.07, 6.45) is 0. The molecule has 0 N–H and O–H groups in total. The normalized spacial score (nSPS) is 11.5. The van der Waals surface area contributed by atoms with E-state index < -0.39 is 14.3 Å². The van der Waals surface area contributed by atoms with E-state index in [0.29, 0.717) is 4.47 Å². The Morgan fingerprint density at radius 3 is 2.13 bits per heavy atom. The largest absolute Gasteiger partial charge is 0.276 e. The number of carbonyl (C=O) groups is 1. The molecule has 0 spiro atoms. The minimum atomic E-state index is -3.91. The molecule has 0 aliphatic carbocycles. The maximum Gasteiger partial charge on any atom is 0.262 e. The van der Waals surface area contributed by atoms with Crippen molar-refractivity contribution in [2.24, 2.45) is 0 Å². The summed E-state index contributed by atoms with van der Waals surface area (Å²) < 4.78 is 22.9. The minimum absolute atomic E-state index is 0.0408. The second-order valence-corrected chi connectivity index (χ2v) is 7.06. The molecular weight excluding hydrogens is 395 g/mol. The van der Waals surface area contributed by atoms with E-state index in [9.17, 15) is 13.2 Å². The quantitative estimate of drug-likeness (QED) is 0.719. The van der Waals surface area contributed by atoms with Gasteiger partial charge in [0.15, 0.2) is 0 Å². The van der Waals surface area contributed by atoms with Crippen molar-refractivity contribution in [3.8, 4) is 0 Å². The predicted molar refractivity (Wildman–Crippen MR) is 65.1 cm³/mol. The van der Waals surface area contributed by atoms with Crippen LogP contribution in [0.4, 0.5) is 0 Å². The molecule has 0 unspecified atom stereocenters. The van der Waals surface area contributed by atoms with Gasteiger partial charge >= 0.3 is 0 Å². The van der Waals surface area contributed by atoms with Gasteiger partial charge in [-0.3, -0.25) is 4.79 Å². The van der Waals surface area contributed by atoms with Gasteiger partial charge < -0.3 is 0 Å². The van der Waals surface area contributed by atoms with Crippen LogP contribution in [0.15, 0.2) is 26.0 Å². The lowest BCUT2D eigenvalue weighted by Gasteiger charge is -2.04. The molecule has 0 saturated heterocycles. The predicted octanol–water partition coefficient (Wildman–Crippen LogP) is 3.52. The number of rotatable bonds is 2. The lowest BCUT2D eigenvalue weighted by molar-refractivity contribution is 0.108. The van der Waals surface area contributed by atoms with Crippen LogP contribution in [0.2, 0.25) is 0 Å². The molecule has 0 aliphatic rings. The third-order valence-corrected chi connectivity index (χ3v) is 4.64. The summed E-state index contributed by atoms with van der Waals surface area (Å²) in [7, 11) is 1.25. The number of halogens is 4. The van der Waals surface area contributed by atoms with Crippen molar-refractivity contribution in [1.29, 1.82) is 0 Å². The second-order valence-electron chi connectivity index (χ2n) is 2.47. The lowest BCUT2D eigenvalue weighted by atomic mass is 10.2. The van der Waals surface area contributed by atoms with Crippen molar-refractivity contribution >= 4 is 68.4 Å². The first-order chi connectivity index (χ1) is 6.73. The SMILES string of the molecule is O=C(Cl)c1cc(S(=O)(=O)Cl)c(Br)cc1Br.